The van der Waals surface area contributed by atoms with Crippen LogP contribution in [-0.2, 0) is 11.2 Å². The van der Waals surface area contributed by atoms with Crippen molar-refractivity contribution in [3.05, 3.63) is 65.7 Å². The molecule has 1 atom stereocenters. The van der Waals surface area contributed by atoms with Crippen molar-refractivity contribution in [3.8, 4) is 5.75 Å². The van der Waals surface area contributed by atoms with Gasteiger partial charge in [0.25, 0.3) is 0 Å². The Hall–Kier alpha value is -2.29. The molecule has 3 nitrogen and oxygen atoms in total. The summed E-state index contributed by atoms with van der Waals surface area (Å²) in [6.07, 6.45) is 1.28. The zero-order chi connectivity index (χ0) is 15.8. The van der Waals surface area contributed by atoms with Crippen LogP contribution in [0.3, 0.4) is 0 Å². The monoisotopic (exact) mass is 297 g/mol. The topological polar surface area (TPSA) is 38.3 Å². The summed E-state index contributed by atoms with van der Waals surface area (Å²) in [5.74, 6) is 1.19. The summed E-state index contributed by atoms with van der Waals surface area (Å²) in [6.45, 7) is 2.70. The van der Waals surface area contributed by atoms with Crippen LogP contribution in [-0.4, -0.2) is 19.6 Å². The van der Waals surface area contributed by atoms with E-state index < -0.39 is 0 Å². The van der Waals surface area contributed by atoms with Crippen LogP contribution in [0.25, 0.3) is 0 Å². The van der Waals surface area contributed by atoms with Gasteiger partial charge in [0.15, 0.2) is 0 Å². The molecule has 0 spiro atoms. The number of nitrogens with one attached hydrogen (secondary N) is 1. The normalized spacial score (nSPS) is 11.7. The highest BCUT2D eigenvalue weighted by atomic mass is 16.5. The number of hydrogen-bond donors (Lipinski definition) is 1. The Kier molecular flexibility index (Phi) is 6.01. The lowest BCUT2D eigenvalue weighted by Gasteiger charge is -2.12. The molecule has 1 N–H and O–H groups in total. The van der Waals surface area contributed by atoms with Crippen LogP contribution in [0.15, 0.2) is 54.6 Å². The molecule has 0 fully saturated rings. The van der Waals surface area contributed by atoms with Gasteiger partial charge in [-0.1, -0.05) is 55.5 Å². The van der Waals surface area contributed by atoms with Crippen molar-refractivity contribution in [1.29, 1.82) is 0 Å². The molecule has 0 aliphatic heterocycles. The number of methoxy groups -OCH3 is 1. The molecule has 0 aliphatic carbocycles. The Bertz CT molecular complexity index is 595. The van der Waals surface area contributed by atoms with E-state index >= 15 is 0 Å². The third-order valence-corrected chi connectivity index (χ3v) is 3.77. The first-order valence-corrected chi connectivity index (χ1v) is 7.64. The quantitative estimate of drug-likeness (QED) is 0.849. The first-order chi connectivity index (χ1) is 10.7. The molecule has 2 aromatic carbocycles. The van der Waals surface area contributed by atoms with E-state index in [1.807, 2.05) is 42.5 Å². The molecule has 0 bridgehead atoms. The van der Waals surface area contributed by atoms with Gasteiger partial charge in [-0.25, -0.2) is 0 Å². The third-order valence-electron chi connectivity index (χ3n) is 3.77. The molecule has 0 aliphatic rings. The van der Waals surface area contributed by atoms with Gasteiger partial charge in [0.1, 0.15) is 5.75 Å². The number of rotatable bonds is 7. The summed E-state index contributed by atoms with van der Waals surface area (Å²) in [5, 5.41) is 2.99. The average molecular weight is 297 g/mol. The van der Waals surface area contributed by atoms with E-state index in [4.69, 9.17) is 4.74 Å². The van der Waals surface area contributed by atoms with Crippen LogP contribution in [0, 0.1) is 0 Å². The van der Waals surface area contributed by atoms with Gasteiger partial charge in [0.2, 0.25) is 5.91 Å². The molecule has 0 heterocycles. The number of benzene rings is 2. The Morgan fingerprint density at radius 1 is 1.09 bits per heavy atom. The predicted octanol–water partition coefficient (Wildman–Crippen LogP) is 3.55. The van der Waals surface area contributed by atoms with Crippen LogP contribution >= 0.6 is 0 Å². The summed E-state index contributed by atoms with van der Waals surface area (Å²) in [7, 11) is 1.67. The molecular formula is C19H23NO2. The molecule has 2 aromatic rings. The van der Waals surface area contributed by atoms with Crippen molar-refractivity contribution >= 4 is 5.91 Å². The minimum absolute atomic E-state index is 0.0891. The second-order valence-electron chi connectivity index (χ2n) is 5.43. The maximum absolute atomic E-state index is 12.0. The van der Waals surface area contributed by atoms with Gasteiger partial charge in [-0.15, -0.1) is 0 Å². The number of hydrogen-bond acceptors (Lipinski definition) is 2. The zero-order valence-electron chi connectivity index (χ0n) is 13.2. The van der Waals surface area contributed by atoms with Crippen molar-refractivity contribution in [3.63, 3.8) is 0 Å². The van der Waals surface area contributed by atoms with Gasteiger partial charge in [-0.05, 0) is 29.5 Å². The SMILES string of the molecule is COc1ccccc1CCNC(=O)CC(C)c1ccccc1. The molecule has 0 saturated carbocycles. The van der Waals surface area contributed by atoms with Gasteiger partial charge < -0.3 is 10.1 Å². The van der Waals surface area contributed by atoms with Crippen LogP contribution in [0.4, 0.5) is 0 Å². The molecule has 1 unspecified atom stereocenters. The Labute approximate surface area is 132 Å². The van der Waals surface area contributed by atoms with Gasteiger partial charge in [-0.3, -0.25) is 4.79 Å². The predicted molar refractivity (Wildman–Crippen MR) is 89.2 cm³/mol. The van der Waals surface area contributed by atoms with E-state index in [9.17, 15) is 4.79 Å². The van der Waals surface area contributed by atoms with E-state index in [0.29, 0.717) is 13.0 Å². The molecular weight excluding hydrogens is 274 g/mol. The second-order valence-corrected chi connectivity index (χ2v) is 5.43. The van der Waals surface area contributed by atoms with Gasteiger partial charge in [-0.2, -0.15) is 0 Å². The van der Waals surface area contributed by atoms with E-state index in [1.165, 1.54) is 5.56 Å². The largest absolute Gasteiger partial charge is 0.496 e. The lowest BCUT2D eigenvalue weighted by Crippen LogP contribution is -2.26. The van der Waals surface area contributed by atoms with E-state index in [0.717, 1.165) is 17.7 Å². The number of ether oxygens (including phenoxy) is 1. The highest BCUT2D eigenvalue weighted by molar-refractivity contribution is 5.76. The molecule has 22 heavy (non-hydrogen) atoms. The van der Waals surface area contributed by atoms with E-state index in [-0.39, 0.29) is 11.8 Å². The summed E-state index contributed by atoms with van der Waals surface area (Å²) < 4.78 is 5.31. The molecule has 1 amide bonds. The fourth-order valence-electron chi connectivity index (χ4n) is 2.50. The van der Waals surface area contributed by atoms with Gasteiger partial charge in [0, 0.05) is 13.0 Å². The fourth-order valence-corrected chi connectivity index (χ4v) is 2.50. The van der Waals surface area contributed by atoms with Crippen LogP contribution in [0.5, 0.6) is 5.75 Å². The first kappa shape index (κ1) is 16.1. The van der Waals surface area contributed by atoms with E-state index in [1.54, 1.807) is 7.11 Å². The first-order valence-electron chi connectivity index (χ1n) is 7.64. The second kappa shape index (κ2) is 8.23. The number of amides is 1. The van der Waals surface area contributed by atoms with Crippen molar-refractivity contribution in [2.24, 2.45) is 0 Å². The van der Waals surface area contributed by atoms with Crippen LogP contribution in [0.1, 0.15) is 30.4 Å². The molecule has 3 heteroatoms. The summed E-state index contributed by atoms with van der Waals surface area (Å²) in [5.41, 5.74) is 2.31. The number of carbonyl (C=O) groups excluding carboxylic acids is 1. The van der Waals surface area contributed by atoms with Crippen LogP contribution in [0.2, 0.25) is 0 Å². The lowest BCUT2D eigenvalue weighted by atomic mass is 9.97. The Morgan fingerprint density at radius 2 is 1.77 bits per heavy atom. The summed E-state index contributed by atoms with van der Waals surface area (Å²) in [6, 6.07) is 18.0. The smallest absolute Gasteiger partial charge is 0.220 e. The summed E-state index contributed by atoms with van der Waals surface area (Å²) >= 11 is 0. The van der Waals surface area contributed by atoms with Crippen molar-refractivity contribution in [1.82, 2.24) is 5.32 Å². The third kappa shape index (κ3) is 4.62. The molecule has 116 valence electrons. The highest BCUT2D eigenvalue weighted by Crippen LogP contribution is 2.19. The average Bonchev–Trinajstić information content (AvgIpc) is 2.56. The Morgan fingerprint density at radius 3 is 2.50 bits per heavy atom. The molecule has 2 rings (SSSR count). The number of para-hydroxylation sites is 1. The maximum Gasteiger partial charge on any atom is 0.220 e. The minimum Gasteiger partial charge on any atom is -0.496 e. The molecule has 0 saturated heterocycles. The van der Waals surface area contributed by atoms with Crippen molar-refractivity contribution in [2.45, 2.75) is 25.7 Å². The minimum atomic E-state index is 0.0891. The Balaban J connectivity index is 1.78. The molecule has 0 aromatic heterocycles. The van der Waals surface area contributed by atoms with Crippen LogP contribution < -0.4 is 10.1 Å². The van der Waals surface area contributed by atoms with Crippen molar-refractivity contribution < 1.29 is 9.53 Å². The van der Waals surface area contributed by atoms with E-state index in [2.05, 4.69) is 24.4 Å². The lowest BCUT2D eigenvalue weighted by molar-refractivity contribution is -0.121. The highest BCUT2D eigenvalue weighted by Gasteiger charge is 2.10. The maximum atomic E-state index is 12.0. The standard InChI is InChI=1S/C19H23NO2/c1-15(16-8-4-3-5-9-16)14-19(21)20-13-12-17-10-6-7-11-18(17)22-2/h3-11,15H,12-14H2,1-2H3,(H,20,21). The zero-order valence-corrected chi connectivity index (χ0v) is 13.2. The number of carbonyl (C=O) groups is 1. The van der Waals surface area contributed by atoms with Crippen molar-refractivity contribution in [2.75, 3.05) is 13.7 Å². The fraction of sp³-hybridized carbons (Fsp3) is 0.316. The molecule has 0 radical (unpaired) electrons. The van der Waals surface area contributed by atoms with Gasteiger partial charge in [0.05, 0.1) is 7.11 Å². The van der Waals surface area contributed by atoms with Gasteiger partial charge >= 0.3 is 0 Å². The summed E-state index contributed by atoms with van der Waals surface area (Å²) in [4.78, 5) is 12.0.